The average Bonchev–Trinajstić information content (AvgIpc) is 2.14. The lowest BCUT2D eigenvalue weighted by Crippen LogP contribution is -2.28. The fourth-order valence-corrected chi connectivity index (χ4v) is 2.23. The van der Waals surface area contributed by atoms with Crippen molar-refractivity contribution in [2.24, 2.45) is 0 Å². The summed E-state index contributed by atoms with van der Waals surface area (Å²) in [6.07, 6.45) is 1.08. The maximum atomic E-state index is 10.9. The molecule has 0 aromatic carbocycles. The third-order valence-corrected chi connectivity index (χ3v) is 3.12. The van der Waals surface area contributed by atoms with Gasteiger partial charge in [0, 0.05) is 11.3 Å². The van der Waals surface area contributed by atoms with Gasteiger partial charge in [-0.3, -0.25) is 4.79 Å². The van der Waals surface area contributed by atoms with Crippen molar-refractivity contribution in [1.82, 2.24) is 5.32 Å². The van der Waals surface area contributed by atoms with Gasteiger partial charge in [-0.2, -0.15) is 0 Å². The van der Waals surface area contributed by atoms with Crippen LogP contribution < -0.4 is 5.32 Å². The van der Waals surface area contributed by atoms with E-state index in [1.807, 2.05) is 0 Å². The van der Waals surface area contributed by atoms with Gasteiger partial charge in [0.25, 0.3) is 0 Å². The van der Waals surface area contributed by atoms with Crippen molar-refractivity contribution in [2.75, 3.05) is 19.4 Å². The molecule has 0 aliphatic carbocycles. The van der Waals surface area contributed by atoms with E-state index < -0.39 is 0 Å². The molecule has 0 saturated carbocycles. The Morgan fingerprint density at radius 1 is 1.50 bits per heavy atom. The SMILES string of the molecule is CCNC(C)CC(C)SCC(=O)OC. The summed E-state index contributed by atoms with van der Waals surface area (Å²) < 4.78 is 4.58. The molecule has 0 amide bonds. The van der Waals surface area contributed by atoms with Crippen molar-refractivity contribution in [3.8, 4) is 0 Å². The van der Waals surface area contributed by atoms with Crippen LogP contribution in [0, 0.1) is 0 Å². The van der Waals surface area contributed by atoms with Crippen molar-refractivity contribution >= 4 is 17.7 Å². The third kappa shape index (κ3) is 7.21. The second-order valence-corrected chi connectivity index (χ2v) is 4.82. The van der Waals surface area contributed by atoms with Gasteiger partial charge in [-0.25, -0.2) is 0 Å². The first-order valence-corrected chi connectivity index (χ1v) is 6.06. The summed E-state index contributed by atoms with van der Waals surface area (Å²) in [7, 11) is 1.43. The number of hydrogen-bond acceptors (Lipinski definition) is 4. The molecule has 0 radical (unpaired) electrons. The number of methoxy groups -OCH3 is 1. The molecule has 2 unspecified atom stereocenters. The number of rotatable bonds is 7. The van der Waals surface area contributed by atoms with Crippen LogP contribution in [0.2, 0.25) is 0 Å². The average molecular weight is 219 g/mol. The predicted molar refractivity (Wildman–Crippen MR) is 61.7 cm³/mol. The minimum atomic E-state index is -0.141. The summed E-state index contributed by atoms with van der Waals surface area (Å²) in [6.45, 7) is 7.40. The molecule has 4 heteroatoms. The van der Waals surface area contributed by atoms with E-state index >= 15 is 0 Å². The van der Waals surface area contributed by atoms with E-state index in [-0.39, 0.29) is 5.97 Å². The molecule has 0 aliphatic rings. The Morgan fingerprint density at radius 3 is 2.64 bits per heavy atom. The molecule has 84 valence electrons. The summed E-state index contributed by atoms with van der Waals surface area (Å²) >= 11 is 1.65. The normalized spacial score (nSPS) is 14.9. The van der Waals surface area contributed by atoms with Crippen LogP contribution in [0.4, 0.5) is 0 Å². The molecule has 0 spiro atoms. The molecule has 0 bridgehead atoms. The lowest BCUT2D eigenvalue weighted by Gasteiger charge is -2.16. The van der Waals surface area contributed by atoms with Gasteiger partial charge in [-0.05, 0) is 19.9 Å². The van der Waals surface area contributed by atoms with Crippen LogP contribution in [0.15, 0.2) is 0 Å². The molecule has 0 aliphatic heterocycles. The minimum Gasteiger partial charge on any atom is -0.468 e. The molecule has 0 aromatic rings. The zero-order valence-electron chi connectivity index (χ0n) is 9.50. The van der Waals surface area contributed by atoms with Gasteiger partial charge in [0.1, 0.15) is 0 Å². The van der Waals surface area contributed by atoms with Crippen molar-refractivity contribution in [3.05, 3.63) is 0 Å². The van der Waals surface area contributed by atoms with E-state index in [4.69, 9.17) is 0 Å². The van der Waals surface area contributed by atoms with Gasteiger partial charge in [0.05, 0.1) is 12.9 Å². The van der Waals surface area contributed by atoms with Crippen LogP contribution in [-0.4, -0.2) is 36.7 Å². The van der Waals surface area contributed by atoms with E-state index in [1.54, 1.807) is 11.8 Å². The zero-order chi connectivity index (χ0) is 11.0. The first kappa shape index (κ1) is 13.8. The van der Waals surface area contributed by atoms with Crippen LogP contribution in [0.3, 0.4) is 0 Å². The Hall–Kier alpha value is -0.220. The summed E-state index contributed by atoms with van der Waals surface area (Å²) in [4.78, 5) is 10.9. The number of ether oxygens (including phenoxy) is 1. The predicted octanol–water partition coefficient (Wildman–Crippen LogP) is 1.67. The van der Waals surface area contributed by atoms with Crippen molar-refractivity contribution in [1.29, 1.82) is 0 Å². The third-order valence-electron chi connectivity index (χ3n) is 1.95. The van der Waals surface area contributed by atoms with Gasteiger partial charge in [-0.15, -0.1) is 11.8 Å². The highest BCUT2D eigenvalue weighted by Gasteiger charge is 2.10. The largest absolute Gasteiger partial charge is 0.468 e. The number of thioether (sulfide) groups is 1. The van der Waals surface area contributed by atoms with E-state index in [1.165, 1.54) is 7.11 Å². The maximum absolute atomic E-state index is 10.9. The highest BCUT2D eigenvalue weighted by Crippen LogP contribution is 2.15. The van der Waals surface area contributed by atoms with Crippen molar-refractivity contribution in [2.45, 2.75) is 38.5 Å². The number of esters is 1. The summed E-state index contributed by atoms with van der Waals surface area (Å²) in [5.74, 6) is 0.314. The second-order valence-electron chi connectivity index (χ2n) is 3.39. The fourth-order valence-electron chi connectivity index (χ4n) is 1.27. The first-order valence-electron chi connectivity index (χ1n) is 5.01. The molecular formula is C10H21NO2S. The molecule has 14 heavy (non-hydrogen) atoms. The standard InChI is InChI=1S/C10H21NO2S/c1-5-11-8(2)6-9(3)14-7-10(12)13-4/h8-9,11H,5-7H2,1-4H3. The molecule has 0 heterocycles. The highest BCUT2D eigenvalue weighted by atomic mass is 32.2. The smallest absolute Gasteiger partial charge is 0.315 e. The van der Waals surface area contributed by atoms with Crippen LogP contribution in [-0.2, 0) is 9.53 Å². The zero-order valence-corrected chi connectivity index (χ0v) is 10.3. The number of hydrogen-bond donors (Lipinski definition) is 1. The minimum absolute atomic E-state index is 0.141. The van der Waals surface area contributed by atoms with Crippen molar-refractivity contribution in [3.63, 3.8) is 0 Å². The number of nitrogens with one attached hydrogen (secondary N) is 1. The van der Waals surface area contributed by atoms with E-state index in [0.717, 1.165) is 13.0 Å². The quantitative estimate of drug-likeness (QED) is 0.661. The molecule has 0 fully saturated rings. The fraction of sp³-hybridized carbons (Fsp3) is 0.900. The monoisotopic (exact) mass is 219 g/mol. The Kier molecular flexibility index (Phi) is 7.99. The number of carbonyl (C=O) groups is 1. The van der Waals surface area contributed by atoms with Crippen molar-refractivity contribution < 1.29 is 9.53 Å². The molecule has 0 aromatic heterocycles. The molecule has 2 atom stereocenters. The molecular weight excluding hydrogens is 198 g/mol. The maximum Gasteiger partial charge on any atom is 0.315 e. The Morgan fingerprint density at radius 2 is 2.14 bits per heavy atom. The Bertz CT molecular complexity index is 164. The molecule has 0 saturated heterocycles. The summed E-state index contributed by atoms with van der Waals surface area (Å²) in [5.41, 5.74) is 0. The van der Waals surface area contributed by atoms with E-state index in [2.05, 4.69) is 30.8 Å². The molecule has 3 nitrogen and oxygen atoms in total. The summed E-state index contributed by atoms with van der Waals surface area (Å²) in [5, 5.41) is 3.84. The lowest BCUT2D eigenvalue weighted by atomic mass is 10.2. The van der Waals surface area contributed by atoms with Gasteiger partial charge in [0.15, 0.2) is 0 Å². The van der Waals surface area contributed by atoms with Crippen LogP contribution in [0.5, 0.6) is 0 Å². The lowest BCUT2D eigenvalue weighted by molar-refractivity contribution is -0.137. The van der Waals surface area contributed by atoms with Gasteiger partial charge in [0.2, 0.25) is 0 Å². The van der Waals surface area contributed by atoms with Gasteiger partial charge >= 0.3 is 5.97 Å². The van der Waals surface area contributed by atoms with E-state index in [0.29, 0.717) is 17.0 Å². The van der Waals surface area contributed by atoms with Gasteiger partial charge in [-0.1, -0.05) is 13.8 Å². The van der Waals surface area contributed by atoms with E-state index in [9.17, 15) is 4.79 Å². The second kappa shape index (κ2) is 8.12. The molecule has 1 N–H and O–H groups in total. The van der Waals surface area contributed by atoms with Gasteiger partial charge < -0.3 is 10.1 Å². The number of carbonyl (C=O) groups excluding carboxylic acids is 1. The molecule has 0 rings (SSSR count). The Balaban J connectivity index is 3.54. The van der Waals surface area contributed by atoms with Crippen LogP contribution in [0.1, 0.15) is 27.2 Å². The van der Waals surface area contributed by atoms with Crippen LogP contribution >= 0.6 is 11.8 Å². The topological polar surface area (TPSA) is 38.3 Å². The Labute approximate surface area is 91.0 Å². The van der Waals surface area contributed by atoms with Crippen LogP contribution in [0.25, 0.3) is 0 Å². The highest BCUT2D eigenvalue weighted by molar-refractivity contribution is 8.00. The summed E-state index contributed by atoms with van der Waals surface area (Å²) in [6, 6.07) is 0.514. The first-order chi connectivity index (χ1) is 6.60.